The topological polar surface area (TPSA) is 84.7 Å². The van der Waals surface area contributed by atoms with Crippen molar-refractivity contribution in [1.82, 2.24) is 15.2 Å². The summed E-state index contributed by atoms with van der Waals surface area (Å²) in [5.74, 6) is 1.02. The lowest BCUT2D eigenvalue weighted by Crippen LogP contribution is -2.10. The number of halogens is 1. The van der Waals surface area contributed by atoms with E-state index in [1.165, 1.54) is 11.8 Å². The zero-order valence-electron chi connectivity index (χ0n) is 12.0. The monoisotopic (exact) mass is 388 g/mol. The number of amides is 1. The first-order valence-corrected chi connectivity index (χ1v) is 8.60. The average molecular weight is 389 g/mol. The molecule has 116 valence electrons. The lowest BCUT2D eigenvalue weighted by Gasteiger charge is -2.00. The maximum absolute atomic E-state index is 11.0. The van der Waals surface area contributed by atoms with E-state index in [0.29, 0.717) is 16.5 Å². The van der Waals surface area contributed by atoms with E-state index >= 15 is 0 Å². The van der Waals surface area contributed by atoms with Crippen molar-refractivity contribution in [2.24, 2.45) is 5.73 Å². The number of carbonyl (C=O) groups is 1. The molecule has 3 rings (SSSR count). The Morgan fingerprint density at radius 2 is 1.91 bits per heavy atom. The first kappa shape index (κ1) is 15.8. The third kappa shape index (κ3) is 3.80. The zero-order valence-corrected chi connectivity index (χ0v) is 14.4. The molecule has 1 heterocycles. The fourth-order valence-corrected chi connectivity index (χ4v) is 3.22. The molecular weight excluding hydrogens is 376 g/mol. The van der Waals surface area contributed by atoms with Gasteiger partial charge < -0.3 is 5.73 Å². The maximum atomic E-state index is 11.0. The molecule has 1 aromatic heterocycles. The van der Waals surface area contributed by atoms with Crippen molar-refractivity contribution in [1.29, 1.82) is 0 Å². The van der Waals surface area contributed by atoms with Crippen molar-refractivity contribution in [3.05, 3.63) is 64.1 Å². The molecule has 0 fully saturated rings. The van der Waals surface area contributed by atoms with E-state index in [9.17, 15) is 4.79 Å². The van der Waals surface area contributed by atoms with Crippen molar-refractivity contribution in [3.63, 3.8) is 0 Å². The Morgan fingerprint density at radius 1 is 1.17 bits per heavy atom. The number of rotatable bonds is 5. The normalized spacial score (nSPS) is 10.7. The van der Waals surface area contributed by atoms with Gasteiger partial charge in [0.1, 0.15) is 0 Å². The van der Waals surface area contributed by atoms with Crippen LogP contribution >= 0.6 is 27.7 Å². The van der Waals surface area contributed by atoms with Crippen molar-refractivity contribution in [3.8, 4) is 11.4 Å². The Balaban J connectivity index is 1.68. The summed E-state index contributed by atoms with van der Waals surface area (Å²) in [7, 11) is 0. The minimum absolute atomic E-state index is 0.420. The average Bonchev–Trinajstić information content (AvgIpc) is 3.02. The molecule has 23 heavy (non-hydrogen) atoms. The van der Waals surface area contributed by atoms with Gasteiger partial charge in [0.2, 0.25) is 11.1 Å². The fourth-order valence-electron chi connectivity index (χ4n) is 2.00. The smallest absolute Gasteiger partial charge is 0.248 e. The number of nitrogens with one attached hydrogen (secondary N) is 1. The van der Waals surface area contributed by atoms with Gasteiger partial charge in [0.25, 0.3) is 0 Å². The summed E-state index contributed by atoms with van der Waals surface area (Å²) >= 11 is 5.03. The van der Waals surface area contributed by atoms with Gasteiger partial charge in [-0.15, -0.1) is 5.10 Å². The molecule has 3 aromatic rings. The molecule has 0 aliphatic heterocycles. The van der Waals surface area contributed by atoms with Gasteiger partial charge in [-0.3, -0.25) is 9.89 Å². The molecular formula is C16H13BrN4OS. The molecule has 0 radical (unpaired) electrons. The van der Waals surface area contributed by atoms with Crippen molar-refractivity contribution < 1.29 is 4.79 Å². The van der Waals surface area contributed by atoms with Gasteiger partial charge >= 0.3 is 0 Å². The van der Waals surface area contributed by atoms with Gasteiger partial charge in [-0.2, -0.15) is 0 Å². The maximum Gasteiger partial charge on any atom is 0.248 e. The van der Waals surface area contributed by atoms with Crippen LogP contribution in [0.15, 0.2) is 58.2 Å². The van der Waals surface area contributed by atoms with E-state index in [1.54, 1.807) is 12.1 Å². The van der Waals surface area contributed by atoms with Crippen LogP contribution in [0.25, 0.3) is 11.4 Å². The van der Waals surface area contributed by atoms with Gasteiger partial charge in [0, 0.05) is 21.4 Å². The summed E-state index contributed by atoms with van der Waals surface area (Å²) in [5, 5.41) is 7.85. The molecule has 3 N–H and O–H groups in total. The summed E-state index contributed by atoms with van der Waals surface area (Å²) in [4.78, 5) is 15.5. The van der Waals surface area contributed by atoms with Crippen molar-refractivity contribution >= 4 is 33.6 Å². The SMILES string of the molecule is NC(=O)c1ccc(CSc2n[nH]c(-c3ccccc3Br)n2)cc1. The summed E-state index contributed by atoms with van der Waals surface area (Å²) in [5.41, 5.74) is 7.78. The standard InChI is InChI=1S/C16H13BrN4OS/c17-13-4-2-1-3-12(13)15-19-16(21-20-15)23-9-10-5-7-11(8-6-10)14(18)22/h1-8H,9H2,(H2,18,22)(H,19,20,21). The van der Waals surface area contributed by atoms with E-state index in [-0.39, 0.29) is 0 Å². The van der Waals surface area contributed by atoms with Crippen molar-refractivity contribution in [2.75, 3.05) is 0 Å². The van der Waals surface area contributed by atoms with E-state index in [2.05, 4.69) is 31.1 Å². The molecule has 0 atom stereocenters. The van der Waals surface area contributed by atoms with Crippen LogP contribution < -0.4 is 5.73 Å². The van der Waals surface area contributed by atoms with Crippen LogP contribution in [0.3, 0.4) is 0 Å². The lowest BCUT2D eigenvalue weighted by molar-refractivity contribution is 0.100. The van der Waals surface area contributed by atoms with Gasteiger partial charge in [-0.25, -0.2) is 4.98 Å². The Bertz CT molecular complexity index is 832. The largest absolute Gasteiger partial charge is 0.366 e. The minimum atomic E-state index is -0.420. The van der Waals surface area contributed by atoms with Gasteiger partial charge in [-0.05, 0) is 23.8 Å². The molecule has 0 aliphatic rings. The second kappa shape index (κ2) is 6.97. The van der Waals surface area contributed by atoms with E-state index < -0.39 is 5.91 Å². The molecule has 0 saturated carbocycles. The number of primary amides is 1. The highest BCUT2D eigenvalue weighted by Gasteiger charge is 2.09. The number of aromatic amines is 1. The van der Waals surface area contributed by atoms with E-state index in [0.717, 1.165) is 21.4 Å². The predicted octanol–water partition coefficient (Wildman–Crippen LogP) is 3.63. The summed E-state index contributed by atoms with van der Waals surface area (Å²) in [6.07, 6.45) is 0. The molecule has 0 bridgehead atoms. The van der Waals surface area contributed by atoms with Crippen LogP contribution in [0.2, 0.25) is 0 Å². The first-order valence-electron chi connectivity index (χ1n) is 6.82. The van der Waals surface area contributed by atoms with Crippen LogP contribution in [-0.4, -0.2) is 21.1 Å². The third-order valence-electron chi connectivity index (χ3n) is 3.20. The molecule has 0 aliphatic carbocycles. The van der Waals surface area contributed by atoms with Crippen LogP contribution in [0, 0.1) is 0 Å². The van der Waals surface area contributed by atoms with E-state index in [4.69, 9.17) is 5.73 Å². The zero-order chi connectivity index (χ0) is 16.2. The number of aromatic nitrogens is 3. The molecule has 5 nitrogen and oxygen atoms in total. The van der Waals surface area contributed by atoms with Crippen LogP contribution in [0.4, 0.5) is 0 Å². The Kier molecular flexibility index (Phi) is 4.78. The molecule has 7 heteroatoms. The highest BCUT2D eigenvalue weighted by molar-refractivity contribution is 9.10. The van der Waals surface area contributed by atoms with Crippen LogP contribution in [0.1, 0.15) is 15.9 Å². The Labute approximate surface area is 145 Å². The Morgan fingerprint density at radius 3 is 2.61 bits per heavy atom. The van der Waals surface area contributed by atoms with Gasteiger partial charge in [0.05, 0.1) is 0 Å². The number of benzene rings is 2. The number of nitrogens with two attached hydrogens (primary N) is 1. The molecule has 2 aromatic carbocycles. The van der Waals surface area contributed by atoms with Gasteiger partial charge in [0.15, 0.2) is 5.82 Å². The van der Waals surface area contributed by atoms with Crippen LogP contribution in [0.5, 0.6) is 0 Å². The Hall–Kier alpha value is -2.12. The number of hydrogen-bond acceptors (Lipinski definition) is 4. The number of H-pyrrole nitrogens is 1. The first-order chi connectivity index (χ1) is 11.1. The third-order valence-corrected chi connectivity index (χ3v) is 4.81. The van der Waals surface area contributed by atoms with Crippen LogP contribution in [-0.2, 0) is 5.75 Å². The van der Waals surface area contributed by atoms with Gasteiger partial charge in [-0.1, -0.05) is 58.0 Å². The molecule has 0 saturated heterocycles. The molecule has 0 spiro atoms. The highest BCUT2D eigenvalue weighted by atomic mass is 79.9. The van der Waals surface area contributed by atoms with Crippen molar-refractivity contribution in [2.45, 2.75) is 10.9 Å². The summed E-state index contributed by atoms with van der Waals surface area (Å²) in [6, 6.07) is 15.1. The number of hydrogen-bond donors (Lipinski definition) is 2. The summed E-state index contributed by atoms with van der Waals surface area (Å²) in [6.45, 7) is 0. The number of thioether (sulfide) groups is 1. The lowest BCUT2D eigenvalue weighted by atomic mass is 10.1. The molecule has 0 unspecified atom stereocenters. The quantitative estimate of drug-likeness (QED) is 0.653. The predicted molar refractivity (Wildman–Crippen MR) is 94.0 cm³/mol. The fraction of sp³-hybridized carbons (Fsp3) is 0.0625. The minimum Gasteiger partial charge on any atom is -0.366 e. The highest BCUT2D eigenvalue weighted by Crippen LogP contribution is 2.27. The molecule has 1 amide bonds. The summed E-state index contributed by atoms with van der Waals surface area (Å²) < 4.78 is 0.967. The second-order valence-electron chi connectivity index (χ2n) is 4.80. The number of carbonyl (C=O) groups excluding carboxylic acids is 1. The second-order valence-corrected chi connectivity index (χ2v) is 6.59. The number of nitrogens with zero attached hydrogens (tertiary/aromatic N) is 2. The van der Waals surface area contributed by atoms with E-state index in [1.807, 2.05) is 36.4 Å².